The van der Waals surface area contributed by atoms with Crippen LogP contribution in [0.25, 0.3) is 0 Å². The molecule has 0 saturated heterocycles. The van der Waals surface area contributed by atoms with Gasteiger partial charge in [-0.15, -0.1) is 0 Å². The number of aryl methyl sites for hydroxylation is 1. The van der Waals surface area contributed by atoms with Crippen LogP contribution in [0.4, 0.5) is 0 Å². The first-order chi connectivity index (χ1) is 9.06. The summed E-state index contributed by atoms with van der Waals surface area (Å²) in [6.07, 6.45) is 2.06. The third kappa shape index (κ3) is 5.66. The maximum Gasteiger partial charge on any atom is 0.157 e. The lowest BCUT2D eigenvalue weighted by atomic mass is 10.2. The van der Waals surface area contributed by atoms with Gasteiger partial charge in [0.2, 0.25) is 0 Å². The van der Waals surface area contributed by atoms with Crippen molar-refractivity contribution in [2.24, 2.45) is 0 Å². The van der Waals surface area contributed by atoms with Crippen LogP contribution in [0.5, 0.6) is 0 Å². The van der Waals surface area contributed by atoms with Gasteiger partial charge in [-0.2, -0.15) is 0 Å². The second-order valence-corrected chi connectivity index (χ2v) is 5.13. The van der Waals surface area contributed by atoms with E-state index in [2.05, 4.69) is 36.1 Å². The zero-order valence-electron chi connectivity index (χ0n) is 12.9. The number of aromatic nitrogens is 2. The largest absolute Gasteiger partial charge is 0.371 e. The molecule has 1 aromatic heterocycles. The molecule has 1 rings (SSSR count). The summed E-state index contributed by atoms with van der Waals surface area (Å²) < 4.78 is 5.76. The topological polar surface area (TPSA) is 47.0 Å². The molecule has 1 N–H and O–H groups in total. The Morgan fingerprint density at radius 2 is 2.00 bits per heavy atom. The average Bonchev–Trinajstić information content (AvgIpc) is 2.35. The molecule has 1 heterocycles. The Bertz CT molecular complexity index is 374. The third-order valence-electron chi connectivity index (χ3n) is 2.82. The molecule has 4 nitrogen and oxygen atoms in total. The van der Waals surface area contributed by atoms with Crippen molar-refractivity contribution in [2.45, 2.75) is 66.2 Å². The lowest BCUT2D eigenvalue weighted by Gasteiger charge is -2.16. The minimum Gasteiger partial charge on any atom is -0.371 e. The number of nitrogens with zero attached hydrogens (tertiary/aromatic N) is 2. The highest BCUT2D eigenvalue weighted by Gasteiger charge is 2.15. The molecule has 0 aliphatic rings. The lowest BCUT2D eigenvalue weighted by Crippen LogP contribution is -2.23. The molecule has 0 bridgehead atoms. The molecule has 0 aliphatic heterocycles. The van der Waals surface area contributed by atoms with Gasteiger partial charge in [-0.25, -0.2) is 9.97 Å². The molecule has 0 saturated carbocycles. The summed E-state index contributed by atoms with van der Waals surface area (Å²) in [5.41, 5.74) is 2.04. The Balaban J connectivity index is 2.86. The van der Waals surface area contributed by atoms with Gasteiger partial charge in [0.05, 0.1) is 5.69 Å². The number of hydrogen-bond acceptors (Lipinski definition) is 4. The van der Waals surface area contributed by atoms with Crippen molar-refractivity contribution in [2.75, 3.05) is 6.61 Å². The van der Waals surface area contributed by atoms with Crippen molar-refractivity contribution in [3.8, 4) is 0 Å². The highest BCUT2D eigenvalue weighted by molar-refractivity contribution is 5.11. The van der Waals surface area contributed by atoms with Crippen LogP contribution in [0.2, 0.25) is 0 Å². The van der Waals surface area contributed by atoms with Gasteiger partial charge >= 0.3 is 0 Å². The molecule has 0 spiro atoms. The van der Waals surface area contributed by atoms with Crippen LogP contribution < -0.4 is 5.32 Å². The zero-order valence-corrected chi connectivity index (χ0v) is 12.9. The Labute approximate surface area is 117 Å². The van der Waals surface area contributed by atoms with Gasteiger partial charge < -0.3 is 10.1 Å². The third-order valence-corrected chi connectivity index (χ3v) is 2.82. The van der Waals surface area contributed by atoms with Crippen molar-refractivity contribution in [3.63, 3.8) is 0 Å². The van der Waals surface area contributed by atoms with E-state index in [1.165, 1.54) is 0 Å². The maximum atomic E-state index is 5.76. The highest BCUT2D eigenvalue weighted by atomic mass is 16.5. The normalized spacial score (nSPS) is 12.9. The standard InChI is InChI=1S/C15H27N3O/c1-6-8-14(19-7-2)15-17-12(5)9-13(18-15)10-16-11(3)4/h9,11,14,16H,6-8,10H2,1-5H3. The minimum atomic E-state index is 0.0210. The van der Waals surface area contributed by atoms with E-state index in [-0.39, 0.29) is 6.10 Å². The number of nitrogens with one attached hydrogen (secondary N) is 1. The van der Waals surface area contributed by atoms with Crippen LogP contribution >= 0.6 is 0 Å². The molecular formula is C15H27N3O. The van der Waals surface area contributed by atoms with Crippen molar-refractivity contribution < 1.29 is 4.74 Å². The SMILES string of the molecule is CCCC(OCC)c1nc(C)cc(CNC(C)C)n1. The predicted octanol–water partition coefficient (Wildman–Crippen LogP) is 3.16. The van der Waals surface area contributed by atoms with E-state index in [4.69, 9.17) is 4.74 Å². The Hall–Kier alpha value is -1.00. The van der Waals surface area contributed by atoms with E-state index in [9.17, 15) is 0 Å². The summed E-state index contributed by atoms with van der Waals surface area (Å²) in [4.78, 5) is 9.18. The number of ether oxygens (including phenoxy) is 1. The van der Waals surface area contributed by atoms with Gasteiger partial charge in [0.25, 0.3) is 0 Å². The second-order valence-electron chi connectivity index (χ2n) is 5.13. The molecule has 19 heavy (non-hydrogen) atoms. The van der Waals surface area contributed by atoms with E-state index in [1.54, 1.807) is 0 Å². The van der Waals surface area contributed by atoms with E-state index >= 15 is 0 Å². The van der Waals surface area contributed by atoms with Crippen molar-refractivity contribution >= 4 is 0 Å². The predicted molar refractivity (Wildman–Crippen MR) is 78.0 cm³/mol. The smallest absolute Gasteiger partial charge is 0.157 e. The summed E-state index contributed by atoms with van der Waals surface area (Å²) >= 11 is 0. The summed E-state index contributed by atoms with van der Waals surface area (Å²) in [5, 5.41) is 3.39. The van der Waals surface area contributed by atoms with Crippen molar-refractivity contribution in [1.82, 2.24) is 15.3 Å². The molecular weight excluding hydrogens is 238 g/mol. The van der Waals surface area contributed by atoms with Crippen LogP contribution in [0.3, 0.4) is 0 Å². The van der Waals surface area contributed by atoms with Crippen LogP contribution in [0, 0.1) is 6.92 Å². The molecule has 1 atom stereocenters. The fourth-order valence-corrected chi connectivity index (χ4v) is 1.95. The Kier molecular flexibility index (Phi) is 6.95. The van der Waals surface area contributed by atoms with Gasteiger partial charge in [0.1, 0.15) is 6.10 Å². The molecule has 0 radical (unpaired) electrons. The second kappa shape index (κ2) is 8.23. The fraction of sp³-hybridized carbons (Fsp3) is 0.733. The van der Waals surface area contributed by atoms with Crippen LogP contribution in [0.1, 0.15) is 63.9 Å². The monoisotopic (exact) mass is 265 g/mol. The zero-order chi connectivity index (χ0) is 14.3. The lowest BCUT2D eigenvalue weighted by molar-refractivity contribution is 0.0491. The first-order valence-electron chi connectivity index (χ1n) is 7.26. The van der Waals surface area contributed by atoms with Crippen LogP contribution in [-0.4, -0.2) is 22.6 Å². The first-order valence-corrected chi connectivity index (χ1v) is 7.26. The van der Waals surface area contributed by atoms with Gasteiger partial charge in [-0.05, 0) is 26.3 Å². The maximum absolute atomic E-state index is 5.76. The summed E-state index contributed by atoms with van der Waals surface area (Å²) in [6.45, 7) is 11.9. The van der Waals surface area contributed by atoms with E-state index in [0.717, 1.165) is 36.6 Å². The number of hydrogen-bond donors (Lipinski definition) is 1. The van der Waals surface area contributed by atoms with Gasteiger partial charge in [0, 0.05) is 24.9 Å². The average molecular weight is 265 g/mol. The molecule has 0 amide bonds. The van der Waals surface area contributed by atoms with Crippen molar-refractivity contribution in [1.29, 1.82) is 0 Å². The molecule has 0 aliphatic carbocycles. The van der Waals surface area contributed by atoms with Gasteiger partial charge in [-0.3, -0.25) is 0 Å². The van der Waals surface area contributed by atoms with Gasteiger partial charge in [-0.1, -0.05) is 27.2 Å². The molecule has 108 valence electrons. The van der Waals surface area contributed by atoms with Crippen LogP contribution in [0.15, 0.2) is 6.07 Å². The fourth-order valence-electron chi connectivity index (χ4n) is 1.95. The summed E-state index contributed by atoms with van der Waals surface area (Å²) in [6, 6.07) is 2.49. The Morgan fingerprint density at radius 1 is 1.26 bits per heavy atom. The molecule has 0 fully saturated rings. The first kappa shape index (κ1) is 16.1. The Morgan fingerprint density at radius 3 is 2.58 bits per heavy atom. The van der Waals surface area contributed by atoms with Gasteiger partial charge in [0.15, 0.2) is 5.82 Å². The van der Waals surface area contributed by atoms with E-state index < -0.39 is 0 Å². The summed E-state index contributed by atoms with van der Waals surface area (Å²) in [5.74, 6) is 0.823. The quantitative estimate of drug-likeness (QED) is 0.784. The summed E-state index contributed by atoms with van der Waals surface area (Å²) in [7, 11) is 0. The molecule has 0 aromatic carbocycles. The minimum absolute atomic E-state index is 0.0210. The van der Waals surface area contributed by atoms with E-state index in [1.807, 2.05) is 19.9 Å². The number of rotatable bonds is 8. The van der Waals surface area contributed by atoms with Crippen LogP contribution in [-0.2, 0) is 11.3 Å². The molecule has 4 heteroatoms. The highest BCUT2D eigenvalue weighted by Crippen LogP contribution is 2.20. The van der Waals surface area contributed by atoms with E-state index in [0.29, 0.717) is 12.6 Å². The molecule has 1 unspecified atom stereocenters. The molecule has 1 aromatic rings. The van der Waals surface area contributed by atoms with Crippen molar-refractivity contribution in [3.05, 3.63) is 23.3 Å².